The minimum Gasteiger partial charge on any atom is -0.389 e. The molecule has 0 aromatic heterocycles. The Bertz CT molecular complexity index is 359. The molecule has 0 heterocycles. The lowest BCUT2D eigenvalue weighted by Gasteiger charge is -2.12. The van der Waals surface area contributed by atoms with Gasteiger partial charge in [-0.15, -0.1) is 0 Å². The molecule has 1 aromatic carbocycles. The first-order valence-corrected chi connectivity index (χ1v) is 7.89. The minimum atomic E-state index is -0.507. The van der Waals surface area contributed by atoms with Gasteiger partial charge in [0.1, 0.15) is 0 Å². The first-order valence-electron chi connectivity index (χ1n) is 7.51. The molecule has 120 valence electrons. The van der Waals surface area contributed by atoms with Gasteiger partial charge < -0.3 is 19.9 Å². The number of aliphatic hydroxyl groups excluding tert-OH is 1. The van der Waals surface area contributed by atoms with Gasteiger partial charge in [-0.2, -0.15) is 0 Å². The zero-order chi connectivity index (χ0) is 15.3. The topological polar surface area (TPSA) is 50.7 Å². The van der Waals surface area contributed by atoms with Crippen molar-refractivity contribution in [2.45, 2.75) is 32.4 Å². The number of rotatable bonds is 12. The Labute approximate surface area is 132 Å². The van der Waals surface area contributed by atoms with Gasteiger partial charge in [0.25, 0.3) is 0 Å². The maximum atomic E-state index is 9.76. The molecule has 21 heavy (non-hydrogen) atoms. The monoisotopic (exact) mass is 315 g/mol. The zero-order valence-electron chi connectivity index (χ0n) is 12.7. The summed E-state index contributed by atoms with van der Waals surface area (Å²) in [6.07, 6.45) is 1.71. The lowest BCUT2D eigenvalue weighted by Crippen LogP contribution is -2.30. The number of unbranched alkanes of at least 4 members (excludes halogenated alkanes) is 1. The molecule has 1 atom stereocenters. The summed E-state index contributed by atoms with van der Waals surface area (Å²) in [6, 6.07) is 7.64. The van der Waals surface area contributed by atoms with Crippen LogP contribution in [0.1, 0.15) is 25.3 Å². The molecule has 0 aliphatic heterocycles. The van der Waals surface area contributed by atoms with Crippen LogP contribution < -0.4 is 5.32 Å². The predicted molar refractivity (Wildman–Crippen MR) is 85.7 cm³/mol. The third-order valence-corrected chi connectivity index (χ3v) is 3.20. The average molecular weight is 316 g/mol. The fourth-order valence-electron chi connectivity index (χ4n) is 1.73. The van der Waals surface area contributed by atoms with Gasteiger partial charge in [0, 0.05) is 24.7 Å². The molecule has 0 aliphatic carbocycles. The van der Waals surface area contributed by atoms with Gasteiger partial charge in [0.2, 0.25) is 0 Å². The van der Waals surface area contributed by atoms with Crippen molar-refractivity contribution in [3.8, 4) is 0 Å². The van der Waals surface area contributed by atoms with E-state index >= 15 is 0 Å². The Morgan fingerprint density at radius 3 is 2.57 bits per heavy atom. The lowest BCUT2D eigenvalue weighted by atomic mass is 10.2. The predicted octanol–water partition coefficient (Wildman–Crippen LogP) is 2.62. The van der Waals surface area contributed by atoms with Crippen molar-refractivity contribution in [1.82, 2.24) is 5.32 Å². The molecule has 0 radical (unpaired) electrons. The van der Waals surface area contributed by atoms with E-state index in [1.807, 2.05) is 24.3 Å². The Morgan fingerprint density at radius 2 is 1.86 bits per heavy atom. The van der Waals surface area contributed by atoms with E-state index in [2.05, 4.69) is 12.2 Å². The first-order chi connectivity index (χ1) is 10.2. The summed E-state index contributed by atoms with van der Waals surface area (Å²) in [4.78, 5) is 0. The van der Waals surface area contributed by atoms with Gasteiger partial charge in [-0.25, -0.2) is 0 Å². The van der Waals surface area contributed by atoms with E-state index < -0.39 is 6.10 Å². The Kier molecular flexibility index (Phi) is 10.5. The van der Waals surface area contributed by atoms with E-state index in [9.17, 15) is 5.11 Å². The molecule has 0 bridgehead atoms. The number of nitrogens with one attached hydrogen (secondary N) is 1. The van der Waals surface area contributed by atoms with E-state index in [1.165, 1.54) is 0 Å². The van der Waals surface area contributed by atoms with Crippen molar-refractivity contribution >= 4 is 11.6 Å². The minimum absolute atomic E-state index is 0.324. The van der Waals surface area contributed by atoms with E-state index in [0.717, 1.165) is 30.0 Å². The smallest absolute Gasteiger partial charge is 0.0897 e. The summed E-state index contributed by atoms with van der Waals surface area (Å²) >= 11 is 5.82. The molecule has 1 aromatic rings. The number of hydrogen-bond acceptors (Lipinski definition) is 4. The van der Waals surface area contributed by atoms with Crippen LogP contribution in [0.25, 0.3) is 0 Å². The van der Waals surface area contributed by atoms with E-state index in [1.54, 1.807) is 0 Å². The highest BCUT2D eigenvalue weighted by molar-refractivity contribution is 6.30. The quantitative estimate of drug-likeness (QED) is 0.582. The van der Waals surface area contributed by atoms with Crippen LogP contribution in [0.3, 0.4) is 0 Å². The standard InChI is InChI=1S/C16H26ClNO3/c1-2-3-8-20-9-10-21-13-16(19)12-18-11-14-4-6-15(17)7-5-14/h4-7,16,18-19H,2-3,8-13H2,1H3. The molecule has 4 nitrogen and oxygen atoms in total. The largest absolute Gasteiger partial charge is 0.389 e. The fraction of sp³-hybridized carbons (Fsp3) is 0.625. The van der Waals surface area contributed by atoms with Crippen LogP contribution in [-0.4, -0.2) is 44.2 Å². The van der Waals surface area contributed by atoms with Crippen LogP contribution in [0.4, 0.5) is 0 Å². The summed E-state index contributed by atoms with van der Waals surface area (Å²) in [5.74, 6) is 0. The molecule has 5 heteroatoms. The SMILES string of the molecule is CCCCOCCOCC(O)CNCc1ccc(Cl)cc1. The Morgan fingerprint density at radius 1 is 1.14 bits per heavy atom. The van der Waals surface area contributed by atoms with Gasteiger partial charge in [0.15, 0.2) is 0 Å². The van der Waals surface area contributed by atoms with Crippen LogP contribution in [0.2, 0.25) is 5.02 Å². The molecule has 0 spiro atoms. The van der Waals surface area contributed by atoms with Crippen molar-refractivity contribution in [3.63, 3.8) is 0 Å². The number of benzene rings is 1. The molecular weight excluding hydrogens is 290 g/mol. The molecule has 0 saturated carbocycles. The number of hydrogen-bond donors (Lipinski definition) is 2. The lowest BCUT2D eigenvalue weighted by molar-refractivity contribution is 0.00385. The maximum Gasteiger partial charge on any atom is 0.0897 e. The third-order valence-electron chi connectivity index (χ3n) is 2.95. The second-order valence-electron chi connectivity index (χ2n) is 4.95. The van der Waals surface area contributed by atoms with Gasteiger partial charge in [-0.05, 0) is 24.1 Å². The summed E-state index contributed by atoms with van der Waals surface area (Å²) in [7, 11) is 0. The Balaban J connectivity index is 1.96. The maximum absolute atomic E-state index is 9.76. The van der Waals surface area contributed by atoms with Crippen LogP contribution in [-0.2, 0) is 16.0 Å². The van der Waals surface area contributed by atoms with Crippen LogP contribution >= 0.6 is 11.6 Å². The van der Waals surface area contributed by atoms with Crippen molar-refractivity contribution in [2.24, 2.45) is 0 Å². The van der Waals surface area contributed by atoms with Crippen LogP contribution in [0, 0.1) is 0 Å². The van der Waals surface area contributed by atoms with Crippen LogP contribution in [0.15, 0.2) is 24.3 Å². The van der Waals surface area contributed by atoms with Crippen LogP contribution in [0.5, 0.6) is 0 Å². The molecular formula is C16H26ClNO3. The first kappa shape index (κ1) is 18.4. The number of halogens is 1. The summed E-state index contributed by atoms with van der Waals surface area (Å²) in [6.45, 7) is 5.56. The van der Waals surface area contributed by atoms with Gasteiger partial charge in [-0.1, -0.05) is 37.1 Å². The summed E-state index contributed by atoms with van der Waals surface area (Å²) in [5.41, 5.74) is 1.14. The average Bonchev–Trinajstić information content (AvgIpc) is 2.48. The summed E-state index contributed by atoms with van der Waals surface area (Å²) < 4.78 is 10.7. The molecule has 0 aliphatic rings. The highest BCUT2D eigenvalue weighted by Crippen LogP contribution is 2.08. The van der Waals surface area contributed by atoms with Gasteiger partial charge >= 0.3 is 0 Å². The molecule has 0 saturated heterocycles. The number of aliphatic hydroxyl groups is 1. The molecule has 0 amide bonds. The van der Waals surface area contributed by atoms with Crippen molar-refractivity contribution in [1.29, 1.82) is 0 Å². The highest BCUT2D eigenvalue weighted by atomic mass is 35.5. The molecule has 1 unspecified atom stereocenters. The van der Waals surface area contributed by atoms with Gasteiger partial charge in [0.05, 0.1) is 25.9 Å². The fourth-order valence-corrected chi connectivity index (χ4v) is 1.86. The second-order valence-corrected chi connectivity index (χ2v) is 5.39. The molecule has 0 fully saturated rings. The zero-order valence-corrected chi connectivity index (χ0v) is 13.4. The number of ether oxygens (including phenoxy) is 2. The Hall–Kier alpha value is -0.650. The normalized spacial score (nSPS) is 12.5. The highest BCUT2D eigenvalue weighted by Gasteiger charge is 2.03. The molecule has 1 rings (SSSR count). The molecule has 2 N–H and O–H groups in total. The van der Waals surface area contributed by atoms with Crippen molar-refractivity contribution in [2.75, 3.05) is 33.0 Å². The third kappa shape index (κ3) is 9.82. The summed E-state index contributed by atoms with van der Waals surface area (Å²) in [5, 5.41) is 13.7. The second kappa shape index (κ2) is 12.0. The van der Waals surface area contributed by atoms with E-state index in [-0.39, 0.29) is 0 Å². The van der Waals surface area contributed by atoms with Crippen molar-refractivity contribution in [3.05, 3.63) is 34.9 Å². The van der Waals surface area contributed by atoms with E-state index in [0.29, 0.717) is 32.9 Å². The van der Waals surface area contributed by atoms with Gasteiger partial charge in [-0.3, -0.25) is 0 Å². The van der Waals surface area contributed by atoms with Crippen molar-refractivity contribution < 1.29 is 14.6 Å². The van der Waals surface area contributed by atoms with E-state index in [4.69, 9.17) is 21.1 Å².